The Kier molecular flexibility index (Phi) is 5.52. The third-order valence-corrected chi connectivity index (χ3v) is 7.37. The van der Waals surface area contributed by atoms with Gasteiger partial charge in [0.2, 0.25) is 12.7 Å². The van der Waals surface area contributed by atoms with Crippen LogP contribution in [0.15, 0.2) is 58.6 Å². The van der Waals surface area contributed by atoms with Crippen LogP contribution in [0.4, 0.5) is 0 Å². The van der Waals surface area contributed by atoms with Crippen molar-refractivity contribution < 1.29 is 14.3 Å². The smallest absolute Gasteiger partial charge is 0.231 e. The van der Waals surface area contributed by atoms with Crippen LogP contribution in [0, 0.1) is 0 Å². The van der Waals surface area contributed by atoms with Crippen LogP contribution < -0.4 is 9.47 Å². The number of thiophene rings is 2. The minimum atomic E-state index is 0.0827. The van der Waals surface area contributed by atoms with Crippen molar-refractivity contribution in [1.82, 2.24) is 9.88 Å². The van der Waals surface area contributed by atoms with Crippen molar-refractivity contribution in [3.8, 4) is 22.1 Å². The highest BCUT2D eigenvalue weighted by Gasteiger charge is 2.19. The predicted octanol–water partition coefficient (Wildman–Crippen LogP) is 5.43. The molecule has 8 heteroatoms. The van der Waals surface area contributed by atoms with Gasteiger partial charge in [-0.15, -0.1) is 34.0 Å². The molecule has 3 aromatic heterocycles. The molecular formula is C22H18N2O3S3. The van der Waals surface area contributed by atoms with E-state index in [0.29, 0.717) is 13.1 Å². The van der Waals surface area contributed by atoms with Gasteiger partial charge >= 0.3 is 0 Å². The van der Waals surface area contributed by atoms with Gasteiger partial charge in [-0.3, -0.25) is 4.79 Å². The van der Waals surface area contributed by atoms with Gasteiger partial charge in [-0.2, -0.15) is 0 Å². The van der Waals surface area contributed by atoms with Crippen molar-refractivity contribution >= 4 is 39.9 Å². The van der Waals surface area contributed by atoms with Crippen LogP contribution >= 0.6 is 34.0 Å². The van der Waals surface area contributed by atoms with E-state index in [1.54, 1.807) is 22.7 Å². The second kappa shape index (κ2) is 8.59. The number of ether oxygens (including phenoxy) is 2. The van der Waals surface area contributed by atoms with Gasteiger partial charge in [0.1, 0.15) is 5.01 Å². The summed E-state index contributed by atoms with van der Waals surface area (Å²) in [7, 11) is 0. The Balaban J connectivity index is 1.31. The lowest BCUT2D eigenvalue weighted by Crippen LogP contribution is -2.31. The zero-order valence-electron chi connectivity index (χ0n) is 15.9. The van der Waals surface area contributed by atoms with Crippen molar-refractivity contribution in [2.75, 3.05) is 6.79 Å². The molecule has 4 aromatic rings. The maximum Gasteiger partial charge on any atom is 0.231 e. The van der Waals surface area contributed by atoms with Gasteiger partial charge in [-0.1, -0.05) is 12.1 Å². The first-order chi connectivity index (χ1) is 14.7. The van der Waals surface area contributed by atoms with Crippen LogP contribution in [0.2, 0.25) is 0 Å². The van der Waals surface area contributed by atoms with E-state index in [1.807, 2.05) is 51.4 Å². The van der Waals surface area contributed by atoms with Gasteiger partial charge in [0, 0.05) is 20.7 Å². The Hall–Kier alpha value is -2.68. The summed E-state index contributed by atoms with van der Waals surface area (Å²) >= 11 is 4.88. The second-order valence-electron chi connectivity index (χ2n) is 6.80. The zero-order valence-corrected chi connectivity index (χ0v) is 18.4. The first kappa shape index (κ1) is 19.3. The molecule has 1 aliphatic rings. The minimum Gasteiger partial charge on any atom is -0.454 e. The summed E-state index contributed by atoms with van der Waals surface area (Å²) in [6, 6.07) is 14.0. The first-order valence-electron chi connectivity index (χ1n) is 9.41. The Morgan fingerprint density at radius 3 is 2.40 bits per heavy atom. The van der Waals surface area contributed by atoms with E-state index in [9.17, 15) is 4.79 Å². The Labute approximate surface area is 186 Å². The molecule has 0 atom stereocenters. The summed E-state index contributed by atoms with van der Waals surface area (Å²) < 4.78 is 10.8. The maximum absolute atomic E-state index is 13.1. The first-order valence-corrected chi connectivity index (χ1v) is 12.1. The highest BCUT2D eigenvalue weighted by Crippen LogP contribution is 2.36. The number of fused-ring (bicyclic) bond motifs is 1. The van der Waals surface area contributed by atoms with Gasteiger partial charge < -0.3 is 14.4 Å². The van der Waals surface area contributed by atoms with Gasteiger partial charge in [0.25, 0.3) is 0 Å². The topological polar surface area (TPSA) is 51.7 Å². The zero-order chi connectivity index (χ0) is 20.3. The summed E-state index contributed by atoms with van der Waals surface area (Å²) in [5.74, 6) is 1.57. The quantitative estimate of drug-likeness (QED) is 0.373. The molecular weight excluding hydrogens is 436 g/mol. The molecule has 0 unspecified atom stereocenters. The fourth-order valence-corrected chi connectivity index (χ4v) is 5.49. The number of thiazole rings is 1. The monoisotopic (exact) mass is 454 g/mol. The Bertz CT molecular complexity index is 1100. The molecule has 5 nitrogen and oxygen atoms in total. The van der Waals surface area contributed by atoms with Crippen LogP contribution in [0.5, 0.6) is 11.5 Å². The molecule has 0 saturated carbocycles. The lowest BCUT2D eigenvalue weighted by molar-refractivity contribution is -0.131. The number of rotatable bonds is 7. The van der Waals surface area contributed by atoms with E-state index in [0.717, 1.165) is 27.8 Å². The molecule has 152 valence electrons. The van der Waals surface area contributed by atoms with E-state index in [-0.39, 0.29) is 19.1 Å². The standard InChI is InChI=1S/C22H18N2O3S3/c25-21(24(11-17-3-1-7-28-17)12-18-4-2-8-29-18)10-16-13-30-22(23-16)15-5-6-19-20(9-15)27-14-26-19/h1-9,13H,10-12,14H2. The molecule has 4 heterocycles. The number of hydrogen-bond donors (Lipinski definition) is 0. The molecule has 5 rings (SSSR count). The van der Waals surface area contributed by atoms with Crippen molar-refractivity contribution in [1.29, 1.82) is 0 Å². The second-order valence-corrected chi connectivity index (χ2v) is 9.72. The van der Waals surface area contributed by atoms with Crippen molar-refractivity contribution in [2.45, 2.75) is 19.5 Å². The van der Waals surface area contributed by atoms with Crippen LogP contribution in [-0.2, 0) is 24.3 Å². The van der Waals surface area contributed by atoms with Crippen LogP contribution in [0.1, 0.15) is 15.4 Å². The lowest BCUT2D eigenvalue weighted by Gasteiger charge is -2.21. The Morgan fingerprint density at radius 2 is 1.70 bits per heavy atom. The molecule has 0 N–H and O–H groups in total. The van der Waals surface area contributed by atoms with Crippen LogP contribution in [0.25, 0.3) is 10.6 Å². The molecule has 1 aromatic carbocycles. The van der Waals surface area contributed by atoms with Crippen molar-refractivity contribution in [2.24, 2.45) is 0 Å². The van der Waals surface area contributed by atoms with Gasteiger partial charge in [0.15, 0.2) is 11.5 Å². The molecule has 0 bridgehead atoms. The highest BCUT2D eigenvalue weighted by atomic mass is 32.1. The third kappa shape index (κ3) is 4.26. The van der Waals surface area contributed by atoms with Gasteiger partial charge in [-0.05, 0) is 41.1 Å². The van der Waals surface area contributed by atoms with Crippen LogP contribution in [0.3, 0.4) is 0 Å². The van der Waals surface area contributed by atoms with Crippen molar-refractivity contribution in [3.63, 3.8) is 0 Å². The summed E-state index contributed by atoms with van der Waals surface area (Å²) in [5.41, 5.74) is 1.76. The summed E-state index contributed by atoms with van der Waals surface area (Å²) in [6.07, 6.45) is 0.289. The van der Waals surface area contributed by atoms with E-state index < -0.39 is 0 Å². The molecule has 30 heavy (non-hydrogen) atoms. The number of carbonyl (C=O) groups excluding carboxylic acids is 1. The summed E-state index contributed by atoms with van der Waals surface area (Å²) in [6.45, 7) is 1.49. The Morgan fingerprint density at radius 1 is 0.967 bits per heavy atom. The highest BCUT2D eigenvalue weighted by molar-refractivity contribution is 7.13. The number of amides is 1. The van der Waals surface area contributed by atoms with Gasteiger partial charge in [0.05, 0.1) is 25.2 Å². The SMILES string of the molecule is O=C(Cc1csc(-c2ccc3c(c2)OCO3)n1)N(Cc1cccs1)Cc1cccs1. The van der Waals surface area contributed by atoms with E-state index in [2.05, 4.69) is 12.1 Å². The molecule has 0 spiro atoms. The fourth-order valence-electron chi connectivity index (χ4n) is 3.23. The molecule has 0 aliphatic carbocycles. The van der Waals surface area contributed by atoms with Gasteiger partial charge in [-0.25, -0.2) is 4.98 Å². The van der Waals surface area contributed by atoms with Crippen molar-refractivity contribution in [3.05, 3.63) is 74.1 Å². The average molecular weight is 455 g/mol. The largest absolute Gasteiger partial charge is 0.454 e. The number of carbonyl (C=O) groups is 1. The molecule has 0 fully saturated rings. The maximum atomic E-state index is 13.1. The molecule has 0 saturated heterocycles. The van der Waals surface area contributed by atoms with E-state index in [4.69, 9.17) is 14.5 Å². The summed E-state index contributed by atoms with van der Waals surface area (Å²) in [4.78, 5) is 22.1. The lowest BCUT2D eigenvalue weighted by atomic mass is 10.2. The fraction of sp³-hybridized carbons (Fsp3) is 0.182. The summed E-state index contributed by atoms with van der Waals surface area (Å²) in [5, 5.41) is 6.92. The normalized spacial score (nSPS) is 12.3. The third-order valence-electron chi connectivity index (χ3n) is 4.71. The van der Waals surface area contributed by atoms with Crippen LogP contribution in [-0.4, -0.2) is 22.6 Å². The molecule has 0 radical (unpaired) electrons. The average Bonchev–Trinajstić information content (AvgIpc) is 3.54. The molecule has 1 amide bonds. The number of hydrogen-bond acceptors (Lipinski definition) is 7. The van der Waals surface area contributed by atoms with E-state index >= 15 is 0 Å². The van der Waals surface area contributed by atoms with E-state index in [1.165, 1.54) is 21.1 Å². The minimum absolute atomic E-state index is 0.0827. The number of benzene rings is 1. The number of nitrogens with zero attached hydrogens (tertiary/aromatic N) is 2. The number of aromatic nitrogens is 1. The molecule has 1 aliphatic heterocycles. The predicted molar refractivity (Wildman–Crippen MR) is 120 cm³/mol.